The summed E-state index contributed by atoms with van der Waals surface area (Å²) in [6.07, 6.45) is -31.4. The molecule has 0 aromatic carbocycles. The van der Waals surface area contributed by atoms with E-state index in [-0.39, 0.29) is 0 Å². The highest BCUT2D eigenvalue weighted by atomic mass is 19.4. The van der Waals surface area contributed by atoms with Crippen molar-refractivity contribution < 1.29 is 67.7 Å². The van der Waals surface area contributed by atoms with Crippen molar-refractivity contribution >= 4 is 5.78 Å². The maximum atomic E-state index is 13.2. The van der Waals surface area contributed by atoms with Crippen LogP contribution < -0.4 is 0 Å². The van der Waals surface area contributed by atoms with Gasteiger partial charge in [0.1, 0.15) is 5.78 Å². The van der Waals surface area contributed by atoms with E-state index >= 15 is 0 Å². The van der Waals surface area contributed by atoms with E-state index in [0.29, 0.717) is 6.92 Å². The largest absolute Gasteiger partial charge is 0.426 e. The second-order valence-electron chi connectivity index (χ2n) is 6.86. The van der Waals surface area contributed by atoms with Crippen molar-refractivity contribution in [3.8, 4) is 0 Å². The molecule has 172 valence electrons. The van der Waals surface area contributed by atoms with Crippen LogP contribution in [-0.4, -0.2) is 51.9 Å². The average Bonchev–Trinajstić information content (AvgIpc) is 2.48. The molecule has 3 unspecified atom stereocenters. The van der Waals surface area contributed by atoms with Gasteiger partial charge in [-0.15, -0.1) is 0 Å². The molecule has 0 aromatic heterocycles. The number of carbonyl (C=O) groups is 1. The van der Waals surface area contributed by atoms with Gasteiger partial charge < -0.3 is 10.2 Å². The minimum absolute atomic E-state index is 0.669. The maximum absolute atomic E-state index is 13.2. The molecule has 0 aliphatic heterocycles. The average molecular weight is 458 g/mol. The summed E-state index contributed by atoms with van der Waals surface area (Å²) in [6, 6.07) is 0. The first-order chi connectivity index (χ1) is 12.5. The predicted molar refractivity (Wildman–Crippen MR) is 69.1 cm³/mol. The van der Waals surface area contributed by atoms with Gasteiger partial charge in [0.05, 0.1) is 0 Å². The van der Waals surface area contributed by atoms with Gasteiger partial charge in [0.15, 0.2) is 0 Å². The van der Waals surface area contributed by atoms with E-state index in [9.17, 15) is 67.7 Å². The van der Waals surface area contributed by atoms with E-state index in [4.69, 9.17) is 0 Å². The predicted octanol–water partition coefficient (Wildman–Crippen LogP) is 4.32. The highest BCUT2D eigenvalue weighted by Gasteiger charge is 2.81. The zero-order chi connectivity index (χ0) is 23.4. The third-order valence-corrected chi connectivity index (χ3v) is 5.23. The van der Waals surface area contributed by atoms with E-state index in [1.54, 1.807) is 0 Å². The van der Waals surface area contributed by atoms with Crippen LogP contribution in [0.5, 0.6) is 0 Å². The Bertz CT molecular complexity index is 587. The first-order valence-electron chi connectivity index (χ1n) is 7.75. The molecule has 1 aliphatic carbocycles. The molecule has 0 heterocycles. The second kappa shape index (κ2) is 7.17. The highest BCUT2D eigenvalue weighted by Crippen LogP contribution is 2.60. The lowest BCUT2D eigenvalue weighted by Gasteiger charge is -2.51. The number of carbonyl (C=O) groups excluding carboxylic acids is 1. The number of ketones is 1. The normalized spacial score (nSPS) is 25.8. The van der Waals surface area contributed by atoms with Crippen LogP contribution in [-0.2, 0) is 4.79 Å². The molecule has 3 nitrogen and oxygen atoms in total. The van der Waals surface area contributed by atoms with E-state index in [2.05, 4.69) is 0 Å². The van der Waals surface area contributed by atoms with Crippen LogP contribution in [0.2, 0.25) is 0 Å². The third kappa shape index (κ3) is 4.03. The smallest absolute Gasteiger partial charge is 0.373 e. The summed E-state index contributed by atoms with van der Waals surface area (Å²) in [5, 5.41) is 18.9. The summed E-state index contributed by atoms with van der Waals surface area (Å²) >= 11 is 0. The number of Topliss-reactive ketones (excluding diaryl/α,β-unsaturated/α-hetero) is 1. The molecule has 29 heavy (non-hydrogen) atoms. The van der Waals surface area contributed by atoms with Crippen molar-refractivity contribution in [3.05, 3.63) is 0 Å². The number of hydrogen-bond donors (Lipinski definition) is 2. The van der Waals surface area contributed by atoms with Crippen LogP contribution in [0.25, 0.3) is 0 Å². The van der Waals surface area contributed by atoms with E-state index < -0.39 is 78.7 Å². The fourth-order valence-corrected chi connectivity index (χ4v) is 3.66. The molecule has 0 amide bonds. The zero-order valence-electron chi connectivity index (χ0n) is 14.2. The standard InChI is InChI=1S/C14H14F12O3/c1-5(27)6-2-3-7(9(28,11(15,16)17)12(18,19)20)8(4-6)10(29,13(21,22)23)14(24,25)26/h6-8,28-29H,2-4H2,1H3. The quantitative estimate of drug-likeness (QED) is 0.620. The zero-order valence-corrected chi connectivity index (χ0v) is 14.2. The van der Waals surface area contributed by atoms with Crippen molar-refractivity contribution in [1.29, 1.82) is 0 Å². The first kappa shape index (κ1) is 25.8. The maximum Gasteiger partial charge on any atom is 0.426 e. The number of alkyl halides is 12. The van der Waals surface area contributed by atoms with Gasteiger partial charge in [-0.3, -0.25) is 4.79 Å². The molecule has 3 atom stereocenters. The molecule has 1 aliphatic rings. The highest BCUT2D eigenvalue weighted by molar-refractivity contribution is 5.78. The fourth-order valence-electron chi connectivity index (χ4n) is 3.66. The van der Waals surface area contributed by atoms with Gasteiger partial charge in [0.2, 0.25) is 0 Å². The minimum atomic E-state index is -6.76. The Labute approximate surface area is 154 Å². The van der Waals surface area contributed by atoms with Crippen molar-refractivity contribution in [1.82, 2.24) is 0 Å². The van der Waals surface area contributed by atoms with Gasteiger partial charge in [-0.25, -0.2) is 0 Å². The van der Waals surface area contributed by atoms with Crippen molar-refractivity contribution in [3.63, 3.8) is 0 Å². The lowest BCUT2D eigenvalue weighted by atomic mass is 9.60. The number of halogens is 12. The Balaban J connectivity index is 3.83. The molecule has 15 heteroatoms. The Morgan fingerprint density at radius 2 is 0.966 bits per heavy atom. The number of hydrogen-bond acceptors (Lipinski definition) is 3. The summed E-state index contributed by atoms with van der Waals surface area (Å²) in [5.74, 6) is -10.5. The van der Waals surface area contributed by atoms with Crippen LogP contribution in [0.1, 0.15) is 26.2 Å². The number of rotatable bonds is 3. The van der Waals surface area contributed by atoms with E-state index in [1.807, 2.05) is 0 Å². The van der Waals surface area contributed by atoms with E-state index in [1.165, 1.54) is 0 Å². The van der Waals surface area contributed by atoms with E-state index in [0.717, 1.165) is 0 Å². The molecule has 0 spiro atoms. The Morgan fingerprint density at radius 3 is 1.24 bits per heavy atom. The van der Waals surface area contributed by atoms with Gasteiger partial charge in [0.25, 0.3) is 11.2 Å². The van der Waals surface area contributed by atoms with Gasteiger partial charge in [0, 0.05) is 17.8 Å². The molecule has 1 rings (SSSR count). The third-order valence-electron chi connectivity index (χ3n) is 5.23. The van der Waals surface area contributed by atoms with Crippen molar-refractivity contribution in [2.24, 2.45) is 17.8 Å². The lowest BCUT2D eigenvalue weighted by Crippen LogP contribution is -2.71. The Hall–Kier alpha value is -1.25. The molecular weight excluding hydrogens is 444 g/mol. The molecule has 0 aromatic rings. The summed E-state index contributed by atoms with van der Waals surface area (Å²) in [7, 11) is 0. The fraction of sp³-hybridized carbons (Fsp3) is 0.929. The monoisotopic (exact) mass is 458 g/mol. The minimum Gasteiger partial charge on any atom is -0.373 e. The molecule has 1 fully saturated rings. The van der Waals surface area contributed by atoms with Crippen LogP contribution in [0, 0.1) is 17.8 Å². The van der Waals surface area contributed by atoms with Crippen LogP contribution in [0.15, 0.2) is 0 Å². The first-order valence-corrected chi connectivity index (χ1v) is 7.75. The molecule has 2 N–H and O–H groups in total. The van der Waals surface area contributed by atoms with Gasteiger partial charge in [-0.1, -0.05) is 0 Å². The van der Waals surface area contributed by atoms with Gasteiger partial charge in [-0.2, -0.15) is 52.7 Å². The summed E-state index contributed by atoms with van der Waals surface area (Å²) in [6.45, 7) is 0.669. The SMILES string of the molecule is CC(=O)C1CCC(C(O)(C(F)(F)F)C(F)(F)F)C(C(O)(C(F)(F)F)C(F)(F)F)C1. The van der Waals surface area contributed by atoms with Crippen molar-refractivity contribution in [2.45, 2.75) is 62.1 Å². The van der Waals surface area contributed by atoms with Gasteiger partial charge in [-0.05, 0) is 26.2 Å². The summed E-state index contributed by atoms with van der Waals surface area (Å²) < 4.78 is 158. The molecule has 0 bridgehead atoms. The molecule has 0 saturated heterocycles. The van der Waals surface area contributed by atoms with Crippen molar-refractivity contribution in [2.75, 3.05) is 0 Å². The Morgan fingerprint density at radius 1 is 0.655 bits per heavy atom. The van der Waals surface area contributed by atoms with Crippen LogP contribution in [0.3, 0.4) is 0 Å². The lowest BCUT2D eigenvalue weighted by molar-refractivity contribution is -0.425. The topological polar surface area (TPSA) is 57.5 Å². The second-order valence-corrected chi connectivity index (χ2v) is 6.86. The molecule has 0 radical (unpaired) electrons. The van der Waals surface area contributed by atoms with Gasteiger partial charge >= 0.3 is 24.7 Å². The molecule has 1 saturated carbocycles. The summed E-state index contributed by atoms with van der Waals surface area (Å²) in [4.78, 5) is 11.4. The Kier molecular flexibility index (Phi) is 6.37. The number of aliphatic hydroxyl groups is 2. The molecular formula is C14H14F12O3. The summed E-state index contributed by atoms with van der Waals surface area (Å²) in [5.41, 5.74) is -12.0. The van der Waals surface area contributed by atoms with Crippen LogP contribution in [0.4, 0.5) is 52.7 Å². The van der Waals surface area contributed by atoms with Crippen LogP contribution >= 0.6 is 0 Å².